The number of imidazole rings is 1. The maximum atomic E-state index is 12.9. The molecule has 2 amide bonds. The number of benzene rings is 1. The molecule has 2 fully saturated rings. The quantitative estimate of drug-likeness (QED) is 0.776. The molecule has 0 unspecified atom stereocenters. The number of hydrogen-bond acceptors (Lipinski definition) is 5. The summed E-state index contributed by atoms with van der Waals surface area (Å²) in [5.74, 6) is 0.907. The van der Waals surface area contributed by atoms with Crippen LogP contribution in [-0.4, -0.2) is 76.1 Å². The third kappa shape index (κ3) is 3.62. The number of rotatable bonds is 3. The van der Waals surface area contributed by atoms with Gasteiger partial charge in [-0.15, -0.1) is 0 Å². The highest BCUT2D eigenvalue weighted by molar-refractivity contribution is 6.32. The lowest BCUT2D eigenvalue weighted by atomic mass is 9.96. The van der Waals surface area contributed by atoms with E-state index in [1.807, 2.05) is 24.3 Å². The fraction of sp³-hybridized carbons (Fsp3) is 0.500. The van der Waals surface area contributed by atoms with Crippen LogP contribution in [-0.2, 0) is 22.5 Å². The lowest BCUT2D eigenvalue weighted by Gasteiger charge is -2.43. The highest BCUT2D eigenvalue weighted by Crippen LogP contribution is 2.31. The SMILES string of the molecule is NC1(C(=O)N2CCN(C(=O)c3ccc(-c4nc5n(c4Cl)CCCC5)cc3)CC2)COC1. The van der Waals surface area contributed by atoms with Gasteiger partial charge in [0.05, 0.1) is 13.2 Å². The molecular formula is C22H26ClN5O3. The number of carbonyl (C=O) groups is 2. The van der Waals surface area contributed by atoms with Gasteiger partial charge in [0.2, 0.25) is 5.91 Å². The highest BCUT2D eigenvalue weighted by atomic mass is 35.5. The summed E-state index contributed by atoms with van der Waals surface area (Å²) in [7, 11) is 0. The molecule has 3 aliphatic heterocycles. The molecule has 0 aliphatic carbocycles. The first kappa shape index (κ1) is 20.5. The van der Waals surface area contributed by atoms with E-state index in [-0.39, 0.29) is 25.0 Å². The molecule has 0 atom stereocenters. The van der Waals surface area contributed by atoms with Crippen LogP contribution in [0.25, 0.3) is 11.3 Å². The van der Waals surface area contributed by atoms with Crippen molar-refractivity contribution in [3.8, 4) is 11.3 Å². The minimum atomic E-state index is -0.893. The van der Waals surface area contributed by atoms with E-state index in [0.29, 0.717) is 36.9 Å². The molecule has 164 valence electrons. The molecule has 1 aromatic carbocycles. The maximum absolute atomic E-state index is 12.9. The normalized spacial score (nSPS) is 20.2. The van der Waals surface area contributed by atoms with Crippen LogP contribution in [0.4, 0.5) is 0 Å². The fourth-order valence-electron chi connectivity index (χ4n) is 4.46. The Hall–Kier alpha value is -2.42. The minimum absolute atomic E-state index is 0.0386. The molecule has 2 N–H and O–H groups in total. The summed E-state index contributed by atoms with van der Waals surface area (Å²) >= 11 is 6.56. The number of aromatic nitrogens is 2. The Labute approximate surface area is 185 Å². The van der Waals surface area contributed by atoms with E-state index in [4.69, 9.17) is 27.1 Å². The van der Waals surface area contributed by atoms with Crippen molar-refractivity contribution in [3.63, 3.8) is 0 Å². The van der Waals surface area contributed by atoms with Gasteiger partial charge in [0, 0.05) is 50.3 Å². The minimum Gasteiger partial charge on any atom is -0.376 e. The van der Waals surface area contributed by atoms with Crippen molar-refractivity contribution < 1.29 is 14.3 Å². The molecular weight excluding hydrogens is 418 g/mol. The lowest BCUT2D eigenvalue weighted by molar-refractivity contribution is -0.155. The van der Waals surface area contributed by atoms with Gasteiger partial charge in [-0.2, -0.15) is 0 Å². The van der Waals surface area contributed by atoms with Gasteiger partial charge in [-0.05, 0) is 25.0 Å². The predicted octanol–water partition coefficient (Wildman–Crippen LogP) is 1.55. The van der Waals surface area contributed by atoms with Gasteiger partial charge in [0.15, 0.2) is 0 Å². The molecule has 31 heavy (non-hydrogen) atoms. The van der Waals surface area contributed by atoms with Crippen LogP contribution in [0.15, 0.2) is 24.3 Å². The van der Waals surface area contributed by atoms with Gasteiger partial charge in [-0.3, -0.25) is 9.59 Å². The first-order valence-corrected chi connectivity index (χ1v) is 11.1. The Bertz CT molecular complexity index is 1010. The number of hydrogen-bond donors (Lipinski definition) is 1. The van der Waals surface area contributed by atoms with Crippen molar-refractivity contribution >= 4 is 23.4 Å². The van der Waals surface area contributed by atoms with Gasteiger partial charge < -0.3 is 24.8 Å². The number of aryl methyl sites for hydroxylation is 1. The van der Waals surface area contributed by atoms with Crippen LogP contribution in [0.3, 0.4) is 0 Å². The zero-order valence-electron chi connectivity index (χ0n) is 17.3. The van der Waals surface area contributed by atoms with Crippen molar-refractivity contribution in [2.24, 2.45) is 5.73 Å². The third-order valence-electron chi connectivity index (χ3n) is 6.42. The van der Waals surface area contributed by atoms with Crippen LogP contribution >= 0.6 is 11.6 Å². The Kier molecular flexibility index (Phi) is 5.24. The molecule has 8 nitrogen and oxygen atoms in total. The van der Waals surface area contributed by atoms with Crippen LogP contribution < -0.4 is 5.73 Å². The summed E-state index contributed by atoms with van der Waals surface area (Å²) in [5, 5.41) is 0.670. The number of nitrogens with zero attached hydrogens (tertiary/aromatic N) is 4. The van der Waals surface area contributed by atoms with Crippen LogP contribution in [0, 0.1) is 0 Å². The van der Waals surface area contributed by atoms with Crippen LogP contribution in [0.5, 0.6) is 0 Å². The second kappa shape index (κ2) is 7.93. The number of carbonyl (C=O) groups excluding carboxylic acids is 2. The highest BCUT2D eigenvalue weighted by Gasteiger charge is 2.45. The van der Waals surface area contributed by atoms with E-state index in [0.717, 1.165) is 42.9 Å². The molecule has 0 bridgehead atoms. The molecule has 9 heteroatoms. The second-order valence-corrected chi connectivity index (χ2v) is 8.94. The van der Waals surface area contributed by atoms with Gasteiger partial charge >= 0.3 is 0 Å². The number of piperazine rings is 1. The van der Waals surface area contributed by atoms with E-state index in [1.165, 1.54) is 0 Å². The second-order valence-electron chi connectivity index (χ2n) is 8.59. The van der Waals surface area contributed by atoms with Gasteiger partial charge in [0.1, 0.15) is 22.2 Å². The van der Waals surface area contributed by atoms with Crippen molar-refractivity contribution in [1.29, 1.82) is 0 Å². The van der Waals surface area contributed by atoms with E-state index in [1.54, 1.807) is 9.80 Å². The molecule has 4 heterocycles. The Morgan fingerprint density at radius 1 is 1.00 bits per heavy atom. The summed E-state index contributed by atoms with van der Waals surface area (Å²) in [5.41, 5.74) is 7.47. The van der Waals surface area contributed by atoms with E-state index >= 15 is 0 Å². The van der Waals surface area contributed by atoms with Gasteiger partial charge in [-0.25, -0.2) is 4.98 Å². The average Bonchev–Trinajstić information content (AvgIpc) is 3.13. The van der Waals surface area contributed by atoms with Crippen molar-refractivity contribution in [3.05, 3.63) is 40.8 Å². The lowest BCUT2D eigenvalue weighted by Crippen LogP contribution is -2.68. The zero-order valence-corrected chi connectivity index (χ0v) is 18.1. The van der Waals surface area contributed by atoms with Crippen molar-refractivity contribution in [1.82, 2.24) is 19.4 Å². The first-order valence-electron chi connectivity index (χ1n) is 10.8. The number of fused-ring (bicyclic) bond motifs is 1. The topological polar surface area (TPSA) is 93.7 Å². The van der Waals surface area contributed by atoms with Crippen molar-refractivity contribution in [2.75, 3.05) is 39.4 Å². The maximum Gasteiger partial charge on any atom is 0.253 e. The first-order chi connectivity index (χ1) is 15.0. The summed E-state index contributed by atoms with van der Waals surface area (Å²) in [6.07, 6.45) is 3.21. The molecule has 1 aromatic heterocycles. The summed E-state index contributed by atoms with van der Waals surface area (Å²) in [4.78, 5) is 33.7. The smallest absolute Gasteiger partial charge is 0.253 e. The number of ether oxygens (including phenoxy) is 1. The summed E-state index contributed by atoms with van der Waals surface area (Å²) in [6, 6.07) is 7.46. The predicted molar refractivity (Wildman–Crippen MR) is 116 cm³/mol. The molecule has 5 rings (SSSR count). The Morgan fingerprint density at radius 3 is 2.29 bits per heavy atom. The largest absolute Gasteiger partial charge is 0.376 e. The fourth-order valence-corrected chi connectivity index (χ4v) is 4.79. The molecule has 0 radical (unpaired) electrons. The van der Waals surface area contributed by atoms with Gasteiger partial charge in [0.25, 0.3) is 5.91 Å². The number of halogens is 1. The number of nitrogens with two attached hydrogens (primary N) is 1. The molecule has 0 saturated carbocycles. The molecule has 3 aliphatic rings. The molecule has 2 aromatic rings. The number of amides is 2. The van der Waals surface area contributed by atoms with Crippen LogP contribution in [0.1, 0.15) is 29.0 Å². The summed E-state index contributed by atoms with van der Waals surface area (Å²) < 4.78 is 7.17. The molecule has 0 spiro atoms. The Morgan fingerprint density at radius 2 is 1.68 bits per heavy atom. The van der Waals surface area contributed by atoms with Crippen LogP contribution in [0.2, 0.25) is 5.15 Å². The standard InChI is InChI=1S/C22H26ClN5O3/c23-19-18(25-17-3-1-2-8-28(17)19)15-4-6-16(7-5-15)20(29)26-9-11-27(12-10-26)21(30)22(24)13-31-14-22/h4-7H,1-3,8-14,24H2. The monoisotopic (exact) mass is 443 g/mol. The third-order valence-corrected chi connectivity index (χ3v) is 6.80. The van der Waals surface area contributed by atoms with E-state index in [2.05, 4.69) is 4.57 Å². The summed E-state index contributed by atoms with van der Waals surface area (Å²) in [6.45, 7) is 3.38. The van der Waals surface area contributed by atoms with E-state index in [9.17, 15) is 9.59 Å². The van der Waals surface area contributed by atoms with E-state index < -0.39 is 5.54 Å². The average molecular weight is 444 g/mol. The Balaban J connectivity index is 1.24. The molecule has 2 saturated heterocycles. The zero-order chi connectivity index (χ0) is 21.6. The van der Waals surface area contributed by atoms with Gasteiger partial charge in [-0.1, -0.05) is 23.7 Å². The van der Waals surface area contributed by atoms with Crippen molar-refractivity contribution in [2.45, 2.75) is 31.3 Å².